The first-order valence-electron chi connectivity index (χ1n) is 4.90. The molecule has 1 N–H and O–H groups in total. The van der Waals surface area contributed by atoms with Crippen molar-refractivity contribution < 1.29 is 53.5 Å². The van der Waals surface area contributed by atoms with Gasteiger partial charge in [0.25, 0.3) is 10.1 Å². The molecule has 0 aliphatic rings. The zero-order valence-electron chi connectivity index (χ0n) is 11.6. The maximum atomic E-state index is 11.5. The third-order valence-electron chi connectivity index (χ3n) is 2.57. The van der Waals surface area contributed by atoms with Crippen LogP contribution in [0, 0.1) is 0 Å². The Morgan fingerprint density at radius 2 is 1.89 bits per heavy atom. The summed E-state index contributed by atoms with van der Waals surface area (Å²) < 4.78 is 34.2. The van der Waals surface area contributed by atoms with Crippen LogP contribution in [0.2, 0.25) is 0 Å². The van der Waals surface area contributed by atoms with E-state index < -0.39 is 20.8 Å². The van der Waals surface area contributed by atoms with Crippen LogP contribution in [0.15, 0.2) is 30.3 Å². The van der Waals surface area contributed by atoms with Crippen molar-refractivity contribution in [3.8, 4) is 0 Å². The molecule has 96 valence electrons. The van der Waals surface area contributed by atoms with Crippen molar-refractivity contribution >= 4 is 16.1 Å². The zero-order chi connectivity index (χ0) is 13.1. The summed E-state index contributed by atoms with van der Waals surface area (Å²) in [5.74, 6) is -0.983. The van der Waals surface area contributed by atoms with Crippen LogP contribution in [0.1, 0.15) is 13.9 Å². The van der Waals surface area contributed by atoms with Gasteiger partial charge in [0.05, 0.1) is 7.11 Å². The molecule has 18 heavy (non-hydrogen) atoms. The Morgan fingerprint density at radius 3 is 2.28 bits per heavy atom. The van der Waals surface area contributed by atoms with Gasteiger partial charge in [-0.3, -0.25) is 9.35 Å². The van der Waals surface area contributed by atoms with Gasteiger partial charge in [0, 0.05) is 6.42 Å². The van der Waals surface area contributed by atoms with E-state index in [1.165, 1.54) is 0 Å². The van der Waals surface area contributed by atoms with E-state index in [2.05, 4.69) is 4.74 Å². The summed E-state index contributed by atoms with van der Waals surface area (Å²) in [6.07, 6.45) is -0.140. The summed E-state index contributed by atoms with van der Waals surface area (Å²) in [5.41, 5.74) is 0.623. The smallest absolute Gasteiger partial charge is 1.00 e. The molecular formula is C11H15NaO5S. The fourth-order valence-electron chi connectivity index (χ4n) is 1.47. The second kappa shape index (κ2) is 6.68. The third-order valence-corrected chi connectivity index (χ3v) is 4.02. The molecule has 0 aromatic heterocycles. The number of ether oxygens (including phenoxy) is 1. The molecule has 1 unspecified atom stereocenters. The molecule has 0 radical (unpaired) electrons. The summed E-state index contributed by atoms with van der Waals surface area (Å²) in [6, 6.07) is 8.55. The van der Waals surface area contributed by atoms with Crippen molar-refractivity contribution in [3.63, 3.8) is 0 Å². The van der Waals surface area contributed by atoms with E-state index in [-0.39, 0.29) is 37.4 Å². The second-order valence-electron chi connectivity index (χ2n) is 3.86. The molecule has 0 aliphatic heterocycles. The molecule has 0 heterocycles. The SMILES string of the molecule is COC(=O)C(C)(Cc1ccccc1)S(=O)(=O)O.[H-].[Na+]. The Balaban J connectivity index is 0. The molecule has 0 saturated heterocycles. The van der Waals surface area contributed by atoms with E-state index in [1.54, 1.807) is 30.3 Å². The van der Waals surface area contributed by atoms with Gasteiger partial charge >= 0.3 is 35.5 Å². The van der Waals surface area contributed by atoms with E-state index in [9.17, 15) is 17.8 Å². The average molecular weight is 282 g/mol. The fraction of sp³-hybridized carbons (Fsp3) is 0.364. The third kappa shape index (κ3) is 3.80. The van der Waals surface area contributed by atoms with Gasteiger partial charge in [0.15, 0.2) is 4.75 Å². The Labute approximate surface area is 130 Å². The zero-order valence-corrected chi connectivity index (χ0v) is 13.4. The Kier molecular flexibility index (Phi) is 6.53. The topological polar surface area (TPSA) is 80.7 Å². The van der Waals surface area contributed by atoms with E-state index in [1.807, 2.05) is 0 Å². The van der Waals surface area contributed by atoms with Gasteiger partial charge in [0.1, 0.15) is 0 Å². The van der Waals surface area contributed by atoms with Crippen LogP contribution in [0.25, 0.3) is 0 Å². The maximum Gasteiger partial charge on any atom is 1.00 e. The van der Waals surface area contributed by atoms with Gasteiger partial charge < -0.3 is 6.16 Å². The molecule has 1 rings (SSSR count). The minimum Gasteiger partial charge on any atom is -1.00 e. The van der Waals surface area contributed by atoms with Crippen molar-refractivity contribution in [1.29, 1.82) is 0 Å². The molecule has 5 nitrogen and oxygen atoms in total. The van der Waals surface area contributed by atoms with E-state index in [0.29, 0.717) is 5.56 Å². The normalized spacial score (nSPS) is 14.2. The summed E-state index contributed by atoms with van der Waals surface area (Å²) in [5, 5.41) is 0. The number of methoxy groups -OCH3 is 1. The molecule has 0 bridgehead atoms. The van der Waals surface area contributed by atoms with Gasteiger partial charge in [-0.05, 0) is 12.5 Å². The van der Waals surface area contributed by atoms with Crippen LogP contribution >= 0.6 is 0 Å². The van der Waals surface area contributed by atoms with E-state index >= 15 is 0 Å². The molecule has 1 aromatic carbocycles. The van der Waals surface area contributed by atoms with Gasteiger partial charge in [0.2, 0.25) is 0 Å². The molecule has 1 atom stereocenters. The molecule has 0 amide bonds. The van der Waals surface area contributed by atoms with Crippen molar-refractivity contribution in [2.45, 2.75) is 18.1 Å². The first-order chi connectivity index (χ1) is 7.81. The van der Waals surface area contributed by atoms with Crippen molar-refractivity contribution in [3.05, 3.63) is 35.9 Å². The summed E-state index contributed by atoms with van der Waals surface area (Å²) in [4.78, 5) is 11.5. The number of benzene rings is 1. The molecule has 0 fully saturated rings. The van der Waals surface area contributed by atoms with Crippen LogP contribution in [0.3, 0.4) is 0 Å². The minimum absolute atomic E-state index is 0. The van der Waals surface area contributed by atoms with Crippen LogP contribution in [0.5, 0.6) is 0 Å². The Bertz CT molecular complexity index is 505. The molecular weight excluding hydrogens is 267 g/mol. The molecule has 0 aliphatic carbocycles. The Morgan fingerprint density at radius 1 is 1.39 bits per heavy atom. The van der Waals surface area contributed by atoms with Gasteiger partial charge in [-0.1, -0.05) is 30.3 Å². The Hall–Kier alpha value is -0.400. The van der Waals surface area contributed by atoms with Crippen molar-refractivity contribution in [1.82, 2.24) is 0 Å². The predicted octanol–water partition coefficient (Wildman–Crippen LogP) is -1.83. The van der Waals surface area contributed by atoms with Crippen LogP contribution in [0.4, 0.5) is 0 Å². The average Bonchev–Trinajstić information content (AvgIpc) is 2.27. The molecule has 7 heteroatoms. The largest absolute Gasteiger partial charge is 1.00 e. The number of rotatable bonds is 4. The van der Waals surface area contributed by atoms with Gasteiger partial charge in [-0.2, -0.15) is 8.42 Å². The summed E-state index contributed by atoms with van der Waals surface area (Å²) in [7, 11) is -3.47. The van der Waals surface area contributed by atoms with Crippen molar-refractivity contribution in [2.24, 2.45) is 0 Å². The van der Waals surface area contributed by atoms with Crippen molar-refractivity contribution in [2.75, 3.05) is 7.11 Å². The standard InChI is InChI=1S/C11H14O5S.Na.H/c1-11(10(12)16-2,17(13,14)15)8-9-6-4-3-5-7-9;;/h3-7H,8H2,1-2H3,(H,13,14,15);;/q;+1;-1. The summed E-state index contributed by atoms with van der Waals surface area (Å²) in [6.45, 7) is 1.14. The number of hydrogen-bond acceptors (Lipinski definition) is 4. The van der Waals surface area contributed by atoms with E-state index in [0.717, 1.165) is 14.0 Å². The summed E-state index contributed by atoms with van der Waals surface area (Å²) >= 11 is 0. The fourth-order valence-corrected chi connectivity index (χ4v) is 2.11. The van der Waals surface area contributed by atoms with Crippen LogP contribution in [-0.4, -0.2) is 30.8 Å². The van der Waals surface area contributed by atoms with Crippen LogP contribution in [-0.2, 0) is 26.1 Å². The second-order valence-corrected chi connectivity index (χ2v) is 5.71. The first kappa shape index (κ1) is 17.6. The first-order valence-corrected chi connectivity index (χ1v) is 6.34. The number of carbonyl (C=O) groups excluding carboxylic acids is 1. The molecule has 0 saturated carbocycles. The van der Waals surface area contributed by atoms with Gasteiger partial charge in [-0.25, -0.2) is 0 Å². The molecule has 1 aromatic rings. The maximum absolute atomic E-state index is 11.5. The van der Waals surface area contributed by atoms with E-state index in [4.69, 9.17) is 0 Å². The quantitative estimate of drug-likeness (QED) is 0.399. The number of carbonyl (C=O) groups is 1. The van der Waals surface area contributed by atoms with Gasteiger partial charge in [-0.15, -0.1) is 0 Å². The predicted molar refractivity (Wildman–Crippen MR) is 63.2 cm³/mol. The monoisotopic (exact) mass is 282 g/mol. The number of esters is 1. The number of hydrogen-bond donors (Lipinski definition) is 1. The minimum atomic E-state index is -4.55. The van der Waals surface area contributed by atoms with Crippen LogP contribution < -0.4 is 29.6 Å². The molecule has 0 spiro atoms.